The van der Waals surface area contributed by atoms with E-state index in [1.165, 1.54) is 0 Å². The van der Waals surface area contributed by atoms with Gasteiger partial charge in [0.2, 0.25) is 0 Å². The standard InChI is InChI=1S/C11H22F3NS/c1-4-9(2)16-8-10(15-3)6-5-7-11(12,13)14/h9-10,15H,4-8H2,1-3H3. The van der Waals surface area contributed by atoms with Crippen molar-refractivity contribution in [2.24, 2.45) is 0 Å². The van der Waals surface area contributed by atoms with Gasteiger partial charge >= 0.3 is 6.18 Å². The van der Waals surface area contributed by atoms with Crippen molar-refractivity contribution in [3.05, 3.63) is 0 Å². The third kappa shape index (κ3) is 9.33. The van der Waals surface area contributed by atoms with Crippen LogP contribution in [0, 0.1) is 0 Å². The lowest BCUT2D eigenvalue weighted by Gasteiger charge is -2.18. The molecular formula is C11H22F3NS. The highest BCUT2D eigenvalue weighted by Gasteiger charge is 2.26. The van der Waals surface area contributed by atoms with Crippen molar-refractivity contribution in [2.45, 2.75) is 57.0 Å². The molecule has 0 aromatic heterocycles. The molecule has 0 fully saturated rings. The van der Waals surface area contributed by atoms with Gasteiger partial charge in [0.25, 0.3) is 0 Å². The lowest BCUT2D eigenvalue weighted by molar-refractivity contribution is -0.135. The molecule has 0 saturated heterocycles. The topological polar surface area (TPSA) is 12.0 Å². The number of rotatable bonds is 8. The second kappa shape index (κ2) is 8.23. The van der Waals surface area contributed by atoms with Gasteiger partial charge in [0.05, 0.1) is 0 Å². The molecule has 0 aliphatic heterocycles. The normalized spacial score (nSPS) is 16.1. The van der Waals surface area contributed by atoms with Crippen molar-refractivity contribution < 1.29 is 13.2 Å². The van der Waals surface area contributed by atoms with Crippen LogP contribution in [-0.4, -0.2) is 30.3 Å². The van der Waals surface area contributed by atoms with Crippen molar-refractivity contribution in [2.75, 3.05) is 12.8 Å². The molecule has 0 aliphatic carbocycles. The summed E-state index contributed by atoms with van der Waals surface area (Å²) in [6.07, 6.45) is -2.76. The maximum absolute atomic E-state index is 12.0. The zero-order valence-corrected chi connectivity index (χ0v) is 11.0. The Kier molecular flexibility index (Phi) is 8.28. The predicted molar refractivity (Wildman–Crippen MR) is 65.0 cm³/mol. The highest BCUT2D eigenvalue weighted by molar-refractivity contribution is 7.99. The Hall–Kier alpha value is 0.1000. The van der Waals surface area contributed by atoms with Crippen molar-refractivity contribution >= 4 is 11.8 Å². The van der Waals surface area contributed by atoms with Crippen LogP contribution in [-0.2, 0) is 0 Å². The van der Waals surface area contributed by atoms with Crippen molar-refractivity contribution in [3.8, 4) is 0 Å². The zero-order valence-electron chi connectivity index (χ0n) is 10.2. The van der Waals surface area contributed by atoms with Gasteiger partial charge in [-0.2, -0.15) is 24.9 Å². The summed E-state index contributed by atoms with van der Waals surface area (Å²) in [6, 6.07) is 0.196. The van der Waals surface area contributed by atoms with Gasteiger partial charge in [0.15, 0.2) is 0 Å². The first kappa shape index (κ1) is 16.1. The fraction of sp³-hybridized carbons (Fsp3) is 1.00. The van der Waals surface area contributed by atoms with Crippen LogP contribution in [0.5, 0.6) is 0 Å². The summed E-state index contributed by atoms with van der Waals surface area (Å²) >= 11 is 1.82. The molecule has 0 spiro atoms. The Bertz CT molecular complexity index is 173. The van der Waals surface area contributed by atoms with Gasteiger partial charge in [0.1, 0.15) is 0 Å². The molecule has 0 aromatic carbocycles. The van der Waals surface area contributed by atoms with Crippen molar-refractivity contribution in [1.29, 1.82) is 0 Å². The molecule has 16 heavy (non-hydrogen) atoms. The molecule has 0 saturated carbocycles. The summed E-state index contributed by atoms with van der Waals surface area (Å²) in [7, 11) is 1.81. The molecule has 0 bridgehead atoms. The number of halogens is 3. The molecule has 1 nitrogen and oxygen atoms in total. The van der Waals surface area contributed by atoms with E-state index in [4.69, 9.17) is 0 Å². The molecule has 0 amide bonds. The maximum Gasteiger partial charge on any atom is 0.389 e. The summed E-state index contributed by atoms with van der Waals surface area (Å²) in [6.45, 7) is 4.27. The molecule has 0 aromatic rings. The molecule has 2 atom stereocenters. The van der Waals surface area contributed by atoms with E-state index in [1.54, 1.807) is 0 Å². The van der Waals surface area contributed by atoms with E-state index in [1.807, 2.05) is 18.8 Å². The molecule has 0 radical (unpaired) electrons. The molecule has 0 rings (SSSR count). The number of nitrogens with one attached hydrogen (secondary N) is 1. The van der Waals surface area contributed by atoms with E-state index >= 15 is 0 Å². The maximum atomic E-state index is 12.0. The molecule has 1 N–H and O–H groups in total. The van der Waals surface area contributed by atoms with Crippen LogP contribution in [0.25, 0.3) is 0 Å². The van der Waals surface area contributed by atoms with Gasteiger partial charge in [-0.05, 0) is 26.3 Å². The Morgan fingerprint density at radius 2 is 1.94 bits per heavy atom. The monoisotopic (exact) mass is 257 g/mol. The molecule has 0 heterocycles. The summed E-state index contributed by atoms with van der Waals surface area (Å²) in [5, 5.41) is 3.66. The number of hydrogen-bond acceptors (Lipinski definition) is 2. The number of hydrogen-bond donors (Lipinski definition) is 1. The van der Waals surface area contributed by atoms with Gasteiger partial charge in [-0.25, -0.2) is 0 Å². The molecule has 5 heteroatoms. The minimum atomic E-state index is -4.01. The minimum Gasteiger partial charge on any atom is -0.316 e. The lowest BCUT2D eigenvalue weighted by atomic mass is 10.1. The van der Waals surface area contributed by atoms with Gasteiger partial charge < -0.3 is 5.32 Å². The van der Waals surface area contributed by atoms with Gasteiger partial charge in [-0.1, -0.05) is 13.8 Å². The lowest BCUT2D eigenvalue weighted by Crippen LogP contribution is -2.28. The first-order valence-corrected chi connectivity index (χ1v) is 6.79. The van der Waals surface area contributed by atoms with Gasteiger partial charge in [0, 0.05) is 23.5 Å². The number of alkyl halides is 3. The number of thioether (sulfide) groups is 1. The zero-order chi connectivity index (χ0) is 12.6. The van der Waals surface area contributed by atoms with Crippen LogP contribution >= 0.6 is 11.8 Å². The highest BCUT2D eigenvalue weighted by Crippen LogP contribution is 2.23. The van der Waals surface area contributed by atoms with Crippen LogP contribution in [0.4, 0.5) is 13.2 Å². The third-order valence-electron chi connectivity index (χ3n) is 2.58. The van der Waals surface area contributed by atoms with E-state index in [9.17, 15) is 13.2 Å². The van der Waals surface area contributed by atoms with Crippen molar-refractivity contribution in [1.82, 2.24) is 5.32 Å². The average molecular weight is 257 g/mol. The SMILES string of the molecule is CCC(C)SCC(CCCC(F)(F)F)NC. The van der Waals surface area contributed by atoms with Crippen LogP contribution in [0.3, 0.4) is 0 Å². The Balaban J connectivity index is 3.67. The van der Waals surface area contributed by atoms with E-state index in [-0.39, 0.29) is 12.5 Å². The third-order valence-corrected chi connectivity index (χ3v) is 4.08. The smallest absolute Gasteiger partial charge is 0.316 e. The van der Waals surface area contributed by atoms with E-state index in [2.05, 4.69) is 19.2 Å². The van der Waals surface area contributed by atoms with Crippen molar-refractivity contribution in [3.63, 3.8) is 0 Å². The van der Waals surface area contributed by atoms with Gasteiger partial charge in [-0.15, -0.1) is 0 Å². The Morgan fingerprint density at radius 1 is 1.31 bits per heavy atom. The molecule has 0 aliphatic rings. The van der Waals surface area contributed by atoms with Gasteiger partial charge in [-0.3, -0.25) is 0 Å². The quantitative estimate of drug-likeness (QED) is 0.709. The Labute approximate surface area is 101 Å². The summed E-state index contributed by atoms with van der Waals surface area (Å²) < 4.78 is 35.9. The highest BCUT2D eigenvalue weighted by atomic mass is 32.2. The fourth-order valence-corrected chi connectivity index (χ4v) is 2.39. The van der Waals surface area contributed by atoms with Crippen LogP contribution in [0.1, 0.15) is 39.5 Å². The van der Waals surface area contributed by atoms with E-state index in [0.717, 1.165) is 12.2 Å². The molecule has 2 unspecified atom stereocenters. The van der Waals surface area contributed by atoms with Crippen LogP contribution < -0.4 is 5.32 Å². The largest absolute Gasteiger partial charge is 0.389 e. The summed E-state index contributed by atoms with van der Waals surface area (Å²) in [5.74, 6) is 0.892. The average Bonchev–Trinajstić information content (AvgIpc) is 2.20. The van der Waals surface area contributed by atoms with E-state index < -0.39 is 12.6 Å². The summed E-state index contributed by atoms with van der Waals surface area (Å²) in [4.78, 5) is 0. The predicted octanol–water partition coefficient (Wildman–Crippen LogP) is 3.84. The Morgan fingerprint density at radius 3 is 2.38 bits per heavy atom. The first-order chi connectivity index (χ1) is 7.39. The fourth-order valence-electron chi connectivity index (χ4n) is 1.26. The van der Waals surface area contributed by atoms with Crippen LogP contribution in [0.15, 0.2) is 0 Å². The molecular weight excluding hydrogens is 235 g/mol. The van der Waals surface area contributed by atoms with E-state index in [0.29, 0.717) is 11.7 Å². The summed E-state index contributed by atoms with van der Waals surface area (Å²) in [5.41, 5.74) is 0. The molecule has 98 valence electrons. The first-order valence-electron chi connectivity index (χ1n) is 5.74. The second-order valence-electron chi connectivity index (χ2n) is 4.05. The minimum absolute atomic E-state index is 0.196. The second-order valence-corrected chi connectivity index (χ2v) is 5.52. The van der Waals surface area contributed by atoms with Crippen LogP contribution in [0.2, 0.25) is 0 Å².